The fourth-order valence-corrected chi connectivity index (χ4v) is 4.90. The number of aliphatic hydroxyl groups is 1. The van der Waals surface area contributed by atoms with Crippen LogP contribution in [0, 0.1) is 0 Å². The molecule has 0 amide bonds. The molecule has 0 saturated carbocycles. The molecule has 8 heteroatoms. The topological polar surface area (TPSA) is 85.1 Å². The summed E-state index contributed by atoms with van der Waals surface area (Å²) in [6.07, 6.45) is 0.592. The van der Waals surface area contributed by atoms with E-state index < -0.39 is 15.9 Å². The van der Waals surface area contributed by atoms with Crippen molar-refractivity contribution >= 4 is 21.6 Å². The summed E-state index contributed by atoms with van der Waals surface area (Å²) in [5, 5.41) is 13.7. The molecule has 0 spiro atoms. The fourth-order valence-electron chi connectivity index (χ4n) is 1.44. The van der Waals surface area contributed by atoms with E-state index in [9.17, 15) is 13.5 Å². The first-order valence-corrected chi connectivity index (χ1v) is 7.07. The highest BCUT2D eigenvalue weighted by molar-refractivity contribution is 8.01. The predicted molar refractivity (Wildman–Crippen MR) is 55.3 cm³/mol. The number of sulfone groups is 1. The van der Waals surface area contributed by atoms with E-state index in [-0.39, 0.29) is 16.8 Å². The van der Waals surface area contributed by atoms with Crippen molar-refractivity contribution in [2.24, 2.45) is 7.05 Å². The van der Waals surface area contributed by atoms with E-state index in [0.29, 0.717) is 5.16 Å². The SMILES string of the molecule is Cn1ncnc1SC1CS(=O)(=O)CC1O. The molecule has 0 aromatic carbocycles. The first kappa shape index (κ1) is 10.9. The molecule has 2 heterocycles. The molecule has 84 valence electrons. The third-order valence-corrected chi connectivity index (χ3v) is 5.49. The minimum absolute atomic E-state index is 0.00565. The van der Waals surface area contributed by atoms with E-state index in [1.165, 1.54) is 18.1 Å². The lowest BCUT2D eigenvalue weighted by atomic mass is 10.3. The van der Waals surface area contributed by atoms with Crippen LogP contribution in [-0.4, -0.2) is 51.1 Å². The van der Waals surface area contributed by atoms with Gasteiger partial charge >= 0.3 is 0 Å². The number of hydrogen-bond acceptors (Lipinski definition) is 6. The number of nitrogens with zero attached hydrogens (tertiary/aromatic N) is 3. The van der Waals surface area contributed by atoms with Gasteiger partial charge in [-0.2, -0.15) is 5.10 Å². The summed E-state index contributed by atoms with van der Waals surface area (Å²) in [7, 11) is -1.36. The molecule has 1 aromatic heterocycles. The molecular weight excluding hydrogens is 238 g/mol. The van der Waals surface area contributed by atoms with Gasteiger partial charge in [-0.05, 0) is 0 Å². The molecule has 1 aliphatic heterocycles. The summed E-state index contributed by atoms with van der Waals surface area (Å²) in [6, 6.07) is 0. The van der Waals surface area contributed by atoms with E-state index in [2.05, 4.69) is 10.1 Å². The van der Waals surface area contributed by atoms with E-state index in [0.717, 1.165) is 0 Å². The molecule has 0 bridgehead atoms. The van der Waals surface area contributed by atoms with Crippen LogP contribution in [0.4, 0.5) is 0 Å². The Bertz CT molecular complexity index is 456. The Morgan fingerprint density at radius 2 is 2.33 bits per heavy atom. The second kappa shape index (κ2) is 3.76. The molecule has 0 radical (unpaired) electrons. The zero-order chi connectivity index (χ0) is 11.1. The number of rotatable bonds is 2. The Labute approximate surface area is 91.6 Å². The van der Waals surface area contributed by atoms with Gasteiger partial charge in [-0.3, -0.25) is 0 Å². The van der Waals surface area contributed by atoms with Crippen LogP contribution in [-0.2, 0) is 16.9 Å². The highest BCUT2D eigenvalue weighted by atomic mass is 32.2. The van der Waals surface area contributed by atoms with Crippen LogP contribution in [0.1, 0.15) is 0 Å². The lowest BCUT2D eigenvalue weighted by molar-refractivity contribution is 0.207. The summed E-state index contributed by atoms with van der Waals surface area (Å²) < 4.78 is 24.1. The van der Waals surface area contributed by atoms with Crippen molar-refractivity contribution < 1.29 is 13.5 Å². The molecule has 0 aliphatic carbocycles. The molecule has 1 saturated heterocycles. The number of hydrogen-bond donors (Lipinski definition) is 1. The zero-order valence-corrected chi connectivity index (χ0v) is 9.70. The highest BCUT2D eigenvalue weighted by Gasteiger charge is 2.37. The molecule has 1 aromatic rings. The van der Waals surface area contributed by atoms with Gasteiger partial charge in [0.25, 0.3) is 0 Å². The normalized spacial score (nSPS) is 29.5. The minimum Gasteiger partial charge on any atom is -0.391 e. The molecular formula is C7H11N3O3S2. The summed E-state index contributed by atoms with van der Waals surface area (Å²) >= 11 is 1.26. The van der Waals surface area contributed by atoms with Crippen LogP contribution in [0.2, 0.25) is 0 Å². The van der Waals surface area contributed by atoms with Crippen LogP contribution in [0.25, 0.3) is 0 Å². The van der Waals surface area contributed by atoms with Crippen molar-refractivity contribution in [1.29, 1.82) is 0 Å². The van der Waals surface area contributed by atoms with E-state index in [1.807, 2.05) is 0 Å². The monoisotopic (exact) mass is 249 g/mol. The van der Waals surface area contributed by atoms with E-state index >= 15 is 0 Å². The van der Waals surface area contributed by atoms with Gasteiger partial charge in [-0.15, -0.1) is 0 Å². The summed E-state index contributed by atoms with van der Waals surface area (Å²) in [6.45, 7) is 0. The van der Waals surface area contributed by atoms with Crippen LogP contribution in [0.5, 0.6) is 0 Å². The Morgan fingerprint density at radius 3 is 2.80 bits per heavy atom. The van der Waals surface area contributed by atoms with Gasteiger partial charge in [0.15, 0.2) is 15.0 Å². The summed E-state index contributed by atoms with van der Waals surface area (Å²) in [5.74, 6) is -0.145. The van der Waals surface area contributed by atoms with Crippen molar-refractivity contribution in [1.82, 2.24) is 14.8 Å². The molecule has 1 N–H and O–H groups in total. The van der Waals surface area contributed by atoms with Gasteiger partial charge in [0.1, 0.15) is 6.33 Å². The predicted octanol–water partition coefficient (Wildman–Crippen LogP) is -0.935. The highest BCUT2D eigenvalue weighted by Crippen LogP contribution is 2.29. The largest absolute Gasteiger partial charge is 0.391 e. The van der Waals surface area contributed by atoms with E-state index in [4.69, 9.17) is 0 Å². The molecule has 1 fully saturated rings. The van der Waals surface area contributed by atoms with Gasteiger partial charge in [-0.1, -0.05) is 11.8 Å². The molecule has 15 heavy (non-hydrogen) atoms. The van der Waals surface area contributed by atoms with Crippen molar-refractivity contribution in [3.05, 3.63) is 6.33 Å². The first-order chi connectivity index (χ1) is 6.98. The summed E-state index contributed by atoms with van der Waals surface area (Å²) in [4.78, 5) is 3.97. The maximum atomic E-state index is 11.2. The third-order valence-electron chi connectivity index (χ3n) is 2.20. The average Bonchev–Trinajstić information content (AvgIpc) is 2.59. The van der Waals surface area contributed by atoms with Crippen LogP contribution in [0.15, 0.2) is 11.5 Å². The number of aliphatic hydroxyl groups excluding tert-OH is 1. The van der Waals surface area contributed by atoms with Crippen LogP contribution in [0.3, 0.4) is 0 Å². The second-order valence-electron chi connectivity index (χ2n) is 3.47. The van der Waals surface area contributed by atoms with Crippen molar-refractivity contribution in [2.75, 3.05) is 11.5 Å². The Hall–Kier alpha value is -0.600. The average molecular weight is 249 g/mol. The van der Waals surface area contributed by atoms with Gasteiger partial charge in [-0.25, -0.2) is 18.1 Å². The fraction of sp³-hybridized carbons (Fsp3) is 0.714. The lowest BCUT2D eigenvalue weighted by Crippen LogP contribution is -2.20. The Balaban J connectivity index is 2.11. The first-order valence-electron chi connectivity index (χ1n) is 4.37. The number of aryl methyl sites for hydroxylation is 1. The van der Waals surface area contributed by atoms with Crippen molar-refractivity contribution in [3.8, 4) is 0 Å². The van der Waals surface area contributed by atoms with Gasteiger partial charge in [0.2, 0.25) is 0 Å². The number of thioether (sulfide) groups is 1. The molecule has 2 rings (SSSR count). The molecule has 2 atom stereocenters. The van der Waals surface area contributed by atoms with Crippen molar-refractivity contribution in [3.63, 3.8) is 0 Å². The maximum absolute atomic E-state index is 11.2. The smallest absolute Gasteiger partial charge is 0.186 e. The minimum atomic E-state index is -3.09. The van der Waals surface area contributed by atoms with Gasteiger partial charge in [0, 0.05) is 7.05 Å². The van der Waals surface area contributed by atoms with Crippen LogP contribution < -0.4 is 0 Å². The second-order valence-corrected chi connectivity index (χ2v) is 6.83. The lowest BCUT2D eigenvalue weighted by Gasteiger charge is -2.10. The zero-order valence-electron chi connectivity index (χ0n) is 8.07. The standard InChI is InChI=1S/C7H11N3O3S2/c1-10-7(8-4-9-10)14-6-3-15(12,13)2-5(6)11/h4-6,11H,2-3H2,1H3. The van der Waals surface area contributed by atoms with Gasteiger partial charge < -0.3 is 5.11 Å². The molecule has 6 nitrogen and oxygen atoms in total. The maximum Gasteiger partial charge on any atom is 0.186 e. The molecule has 2 unspecified atom stereocenters. The Kier molecular flexibility index (Phi) is 2.73. The van der Waals surface area contributed by atoms with Crippen molar-refractivity contribution in [2.45, 2.75) is 16.5 Å². The summed E-state index contributed by atoms with van der Waals surface area (Å²) in [5.41, 5.74) is 0. The quantitative estimate of drug-likeness (QED) is 0.728. The van der Waals surface area contributed by atoms with Crippen LogP contribution >= 0.6 is 11.8 Å². The Morgan fingerprint density at radius 1 is 1.60 bits per heavy atom. The number of aromatic nitrogens is 3. The molecule has 1 aliphatic rings. The van der Waals surface area contributed by atoms with Gasteiger partial charge in [0.05, 0.1) is 22.9 Å². The van der Waals surface area contributed by atoms with E-state index in [1.54, 1.807) is 11.7 Å². The third kappa shape index (κ3) is 2.32.